The summed E-state index contributed by atoms with van der Waals surface area (Å²) < 4.78 is 5.77. The molecule has 5 heteroatoms. The lowest BCUT2D eigenvalue weighted by Gasteiger charge is -2.36. The Bertz CT molecular complexity index is 518. The first-order valence-corrected chi connectivity index (χ1v) is 7.82. The number of likely N-dealkylation sites (tertiary alicyclic amines) is 1. The third-order valence-electron chi connectivity index (χ3n) is 4.76. The number of hydrogen-bond donors (Lipinski definition) is 0. The lowest BCUT2D eigenvalue weighted by molar-refractivity contribution is -0.153. The normalized spacial score (nSPS) is 29.7. The van der Waals surface area contributed by atoms with E-state index in [1.54, 1.807) is 0 Å². The fourth-order valence-electron chi connectivity index (χ4n) is 3.43. The van der Waals surface area contributed by atoms with Gasteiger partial charge in [0.2, 0.25) is 5.91 Å². The van der Waals surface area contributed by atoms with Crippen LogP contribution in [0.15, 0.2) is 24.5 Å². The maximum absolute atomic E-state index is 12.1. The highest BCUT2D eigenvalue weighted by molar-refractivity contribution is 5.78. The molecule has 2 aliphatic heterocycles. The predicted octanol–water partition coefficient (Wildman–Crippen LogP) is 0.903. The zero-order valence-electron chi connectivity index (χ0n) is 12.1. The smallest absolute Gasteiger partial charge is 0.248 e. The molecule has 1 aliphatic carbocycles. The first-order chi connectivity index (χ1) is 10.3. The van der Waals surface area contributed by atoms with Crippen molar-refractivity contribution in [2.24, 2.45) is 5.92 Å². The number of nitrogens with zero attached hydrogens (tertiary/aromatic N) is 3. The molecule has 1 aromatic heterocycles. The molecule has 112 valence electrons. The molecule has 0 N–H and O–H groups in total. The van der Waals surface area contributed by atoms with Crippen molar-refractivity contribution < 1.29 is 9.53 Å². The van der Waals surface area contributed by atoms with Gasteiger partial charge in [0.15, 0.2) is 0 Å². The molecule has 0 radical (unpaired) electrons. The maximum atomic E-state index is 12.1. The van der Waals surface area contributed by atoms with E-state index in [-0.39, 0.29) is 24.7 Å². The summed E-state index contributed by atoms with van der Waals surface area (Å²) in [6.07, 6.45) is 6.41. The zero-order valence-corrected chi connectivity index (χ0v) is 12.1. The van der Waals surface area contributed by atoms with Crippen LogP contribution in [-0.2, 0) is 16.1 Å². The van der Waals surface area contributed by atoms with Crippen molar-refractivity contribution in [3.8, 4) is 0 Å². The number of pyridine rings is 1. The van der Waals surface area contributed by atoms with E-state index in [4.69, 9.17) is 4.74 Å². The van der Waals surface area contributed by atoms with Crippen molar-refractivity contribution in [3.05, 3.63) is 30.1 Å². The summed E-state index contributed by atoms with van der Waals surface area (Å²) in [5.74, 6) is 0.913. The monoisotopic (exact) mass is 287 g/mol. The summed E-state index contributed by atoms with van der Waals surface area (Å²) in [5.41, 5.74) is 1.27. The highest BCUT2D eigenvalue weighted by Crippen LogP contribution is 2.33. The van der Waals surface area contributed by atoms with Gasteiger partial charge >= 0.3 is 0 Å². The molecule has 2 atom stereocenters. The van der Waals surface area contributed by atoms with Crippen LogP contribution in [0.2, 0.25) is 0 Å². The molecule has 1 saturated carbocycles. The Morgan fingerprint density at radius 1 is 1.24 bits per heavy atom. The highest BCUT2D eigenvalue weighted by Gasteiger charge is 2.44. The zero-order chi connectivity index (χ0) is 14.2. The van der Waals surface area contributed by atoms with Crippen molar-refractivity contribution >= 4 is 5.91 Å². The Hall–Kier alpha value is -1.46. The molecule has 0 aromatic carbocycles. The van der Waals surface area contributed by atoms with Crippen LogP contribution in [-0.4, -0.2) is 59.1 Å². The van der Waals surface area contributed by atoms with Gasteiger partial charge in [0.25, 0.3) is 0 Å². The highest BCUT2D eigenvalue weighted by atomic mass is 16.5. The molecule has 5 nitrogen and oxygen atoms in total. The van der Waals surface area contributed by atoms with Gasteiger partial charge in [0.05, 0.1) is 12.1 Å². The Morgan fingerprint density at radius 3 is 2.81 bits per heavy atom. The summed E-state index contributed by atoms with van der Waals surface area (Å²) in [6, 6.07) is 4.35. The van der Waals surface area contributed by atoms with E-state index < -0.39 is 0 Å². The second-order valence-corrected chi connectivity index (χ2v) is 6.46. The number of morpholine rings is 1. The largest absolute Gasteiger partial charge is 0.365 e. The van der Waals surface area contributed by atoms with Crippen LogP contribution in [0, 0.1) is 5.92 Å². The number of aromatic nitrogens is 1. The topological polar surface area (TPSA) is 45.7 Å². The summed E-state index contributed by atoms with van der Waals surface area (Å²) in [4.78, 5) is 20.7. The molecule has 3 heterocycles. The van der Waals surface area contributed by atoms with Crippen molar-refractivity contribution in [1.82, 2.24) is 14.8 Å². The van der Waals surface area contributed by atoms with Crippen molar-refractivity contribution in [3.63, 3.8) is 0 Å². The SMILES string of the molecule is O=C1CO[C@@H]2CN(Cc3ccncc3)C[C@H]2N1CC1CC1. The number of hydrogen-bond acceptors (Lipinski definition) is 4. The minimum atomic E-state index is 0.175. The van der Waals surface area contributed by atoms with Gasteiger partial charge in [-0.05, 0) is 36.5 Å². The molecule has 0 spiro atoms. The first-order valence-electron chi connectivity index (χ1n) is 7.82. The third-order valence-corrected chi connectivity index (χ3v) is 4.76. The molecule has 3 fully saturated rings. The van der Waals surface area contributed by atoms with E-state index in [2.05, 4.69) is 26.9 Å². The van der Waals surface area contributed by atoms with Crippen LogP contribution in [0.4, 0.5) is 0 Å². The number of amides is 1. The van der Waals surface area contributed by atoms with Gasteiger partial charge in [-0.15, -0.1) is 0 Å². The fourth-order valence-corrected chi connectivity index (χ4v) is 3.43. The van der Waals surface area contributed by atoms with Crippen LogP contribution < -0.4 is 0 Å². The summed E-state index contributed by atoms with van der Waals surface area (Å²) in [5, 5.41) is 0. The molecule has 2 saturated heterocycles. The number of ether oxygens (including phenoxy) is 1. The summed E-state index contributed by atoms with van der Waals surface area (Å²) in [7, 11) is 0. The molecule has 1 aromatic rings. The van der Waals surface area contributed by atoms with E-state index >= 15 is 0 Å². The maximum Gasteiger partial charge on any atom is 0.248 e. The average molecular weight is 287 g/mol. The Morgan fingerprint density at radius 2 is 2.05 bits per heavy atom. The van der Waals surface area contributed by atoms with Gasteiger partial charge in [-0.3, -0.25) is 14.7 Å². The van der Waals surface area contributed by atoms with E-state index in [1.165, 1.54) is 18.4 Å². The minimum absolute atomic E-state index is 0.175. The van der Waals surface area contributed by atoms with Gasteiger partial charge in [-0.2, -0.15) is 0 Å². The molecule has 1 amide bonds. The standard InChI is InChI=1S/C16H21N3O2/c20-16-11-21-15-10-18(7-13-3-5-17-6-4-13)9-14(15)19(16)8-12-1-2-12/h3-6,12,14-15H,1-2,7-11H2/t14-,15-/m1/s1. The van der Waals surface area contributed by atoms with E-state index in [0.717, 1.165) is 32.1 Å². The van der Waals surface area contributed by atoms with Crippen molar-refractivity contribution in [2.45, 2.75) is 31.5 Å². The Kier molecular flexibility index (Phi) is 3.39. The summed E-state index contributed by atoms with van der Waals surface area (Å²) in [6.45, 7) is 3.95. The van der Waals surface area contributed by atoms with Crippen LogP contribution in [0.1, 0.15) is 18.4 Å². The van der Waals surface area contributed by atoms with Gasteiger partial charge in [-0.25, -0.2) is 0 Å². The van der Waals surface area contributed by atoms with E-state index in [0.29, 0.717) is 0 Å². The Labute approximate surface area is 124 Å². The minimum Gasteiger partial charge on any atom is -0.365 e. The molecular weight excluding hydrogens is 266 g/mol. The van der Waals surface area contributed by atoms with Crippen LogP contribution in [0.3, 0.4) is 0 Å². The quantitative estimate of drug-likeness (QED) is 0.825. The van der Waals surface area contributed by atoms with E-state index in [9.17, 15) is 4.79 Å². The van der Waals surface area contributed by atoms with Crippen LogP contribution in [0.5, 0.6) is 0 Å². The molecule has 0 unspecified atom stereocenters. The van der Waals surface area contributed by atoms with Gasteiger partial charge in [-0.1, -0.05) is 0 Å². The lowest BCUT2D eigenvalue weighted by Crippen LogP contribution is -2.54. The molecule has 21 heavy (non-hydrogen) atoms. The van der Waals surface area contributed by atoms with E-state index in [1.807, 2.05) is 12.4 Å². The van der Waals surface area contributed by atoms with Gasteiger partial charge in [0, 0.05) is 38.6 Å². The molecule has 0 bridgehead atoms. The fraction of sp³-hybridized carbons (Fsp3) is 0.625. The predicted molar refractivity (Wildman–Crippen MR) is 77.5 cm³/mol. The number of rotatable bonds is 4. The number of carbonyl (C=O) groups excluding carboxylic acids is 1. The van der Waals surface area contributed by atoms with Crippen LogP contribution in [0.25, 0.3) is 0 Å². The molecule has 4 rings (SSSR count). The van der Waals surface area contributed by atoms with Crippen LogP contribution >= 0.6 is 0 Å². The van der Waals surface area contributed by atoms with Crippen molar-refractivity contribution in [2.75, 3.05) is 26.2 Å². The second kappa shape index (κ2) is 5.39. The van der Waals surface area contributed by atoms with Crippen molar-refractivity contribution in [1.29, 1.82) is 0 Å². The third kappa shape index (κ3) is 2.80. The Balaban J connectivity index is 1.43. The van der Waals surface area contributed by atoms with Gasteiger partial charge < -0.3 is 9.64 Å². The first kappa shape index (κ1) is 13.2. The number of fused-ring (bicyclic) bond motifs is 1. The average Bonchev–Trinajstić information content (AvgIpc) is 3.22. The lowest BCUT2D eigenvalue weighted by atomic mass is 10.1. The molecular formula is C16H21N3O2. The second-order valence-electron chi connectivity index (χ2n) is 6.46. The number of carbonyl (C=O) groups is 1. The molecule has 3 aliphatic rings. The summed E-state index contributed by atoms with van der Waals surface area (Å²) >= 11 is 0. The van der Waals surface area contributed by atoms with Gasteiger partial charge in [0.1, 0.15) is 6.61 Å².